The quantitative estimate of drug-likeness (QED) is 0.821. The Morgan fingerprint density at radius 2 is 2.13 bits per heavy atom. The van der Waals surface area contributed by atoms with Gasteiger partial charge in [-0.05, 0) is 38.2 Å². The van der Waals surface area contributed by atoms with Crippen LogP contribution in [0.3, 0.4) is 0 Å². The van der Waals surface area contributed by atoms with Crippen molar-refractivity contribution in [2.45, 2.75) is 12.5 Å². The SMILES string of the molecule is CN(C)[C@H](CN)Cc1ccc(O)c(Cl)c1. The molecule has 3 N–H and O–H groups in total. The molecular weight excluding hydrogens is 212 g/mol. The van der Waals surface area contributed by atoms with Gasteiger partial charge in [0.15, 0.2) is 0 Å². The van der Waals surface area contributed by atoms with Crippen LogP contribution in [0.2, 0.25) is 5.02 Å². The van der Waals surface area contributed by atoms with E-state index in [-0.39, 0.29) is 5.75 Å². The van der Waals surface area contributed by atoms with E-state index in [1.54, 1.807) is 12.1 Å². The summed E-state index contributed by atoms with van der Waals surface area (Å²) in [4.78, 5) is 2.08. The van der Waals surface area contributed by atoms with Gasteiger partial charge in [0.2, 0.25) is 0 Å². The molecule has 0 saturated heterocycles. The molecule has 0 radical (unpaired) electrons. The van der Waals surface area contributed by atoms with Gasteiger partial charge in [-0.2, -0.15) is 0 Å². The molecule has 84 valence electrons. The van der Waals surface area contributed by atoms with E-state index in [1.807, 2.05) is 20.2 Å². The van der Waals surface area contributed by atoms with Gasteiger partial charge in [-0.15, -0.1) is 0 Å². The van der Waals surface area contributed by atoms with E-state index in [0.717, 1.165) is 12.0 Å². The van der Waals surface area contributed by atoms with Gasteiger partial charge < -0.3 is 15.7 Å². The Kier molecular flexibility index (Phi) is 4.39. The first-order chi connectivity index (χ1) is 7.04. The summed E-state index contributed by atoms with van der Waals surface area (Å²) in [5.41, 5.74) is 6.75. The average Bonchev–Trinajstić information content (AvgIpc) is 2.19. The van der Waals surface area contributed by atoms with Crippen molar-refractivity contribution < 1.29 is 5.11 Å². The first kappa shape index (κ1) is 12.3. The summed E-state index contributed by atoms with van der Waals surface area (Å²) in [5, 5.41) is 9.67. The van der Waals surface area contributed by atoms with Crippen molar-refractivity contribution in [1.82, 2.24) is 4.90 Å². The lowest BCUT2D eigenvalue weighted by atomic mass is 10.1. The Bertz CT molecular complexity index is 328. The Balaban J connectivity index is 2.75. The van der Waals surface area contributed by atoms with Crippen LogP contribution < -0.4 is 5.73 Å². The summed E-state index contributed by atoms with van der Waals surface area (Å²) in [6.45, 7) is 0.603. The predicted molar refractivity (Wildman–Crippen MR) is 63.4 cm³/mol. The number of halogens is 1. The fraction of sp³-hybridized carbons (Fsp3) is 0.455. The number of phenols is 1. The lowest BCUT2D eigenvalue weighted by molar-refractivity contribution is 0.298. The van der Waals surface area contributed by atoms with Gasteiger partial charge in [0.1, 0.15) is 5.75 Å². The number of phenolic OH excluding ortho intramolecular Hbond substituents is 1. The van der Waals surface area contributed by atoms with Crippen LogP contribution >= 0.6 is 11.6 Å². The lowest BCUT2D eigenvalue weighted by Gasteiger charge is -2.22. The van der Waals surface area contributed by atoms with E-state index in [4.69, 9.17) is 17.3 Å². The average molecular weight is 229 g/mol. The van der Waals surface area contributed by atoms with Crippen LogP contribution in [0.5, 0.6) is 5.75 Å². The maximum absolute atomic E-state index is 9.28. The molecule has 0 amide bonds. The van der Waals surface area contributed by atoms with E-state index < -0.39 is 0 Å². The van der Waals surface area contributed by atoms with Crippen LogP contribution in [0.25, 0.3) is 0 Å². The van der Waals surface area contributed by atoms with Crippen LogP contribution in [-0.4, -0.2) is 36.7 Å². The summed E-state index contributed by atoms with van der Waals surface area (Å²) in [7, 11) is 4.00. The van der Waals surface area contributed by atoms with Crippen molar-refractivity contribution in [3.63, 3.8) is 0 Å². The largest absolute Gasteiger partial charge is 0.506 e. The molecule has 0 fully saturated rings. The lowest BCUT2D eigenvalue weighted by Crippen LogP contribution is -2.36. The number of hydrogen-bond acceptors (Lipinski definition) is 3. The highest BCUT2D eigenvalue weighted by atomic mass is 35.5. The smallest absolute Gasteiger partial charge is 0.134 e. The zero-order valence-corrected chi connectivity index (χ0v) is 9.83. The number of benzene rings is 1. The highest BCUT2D eigenvalue weighted by Gasteiger charge is 2.10. The summed E-state index contributed by atoms with van der Waals surface area (Å²) >= 11 is 5.83. The minimum atomic E-state index is 0.120. The second-order valence-electron chi connectivity index (χ2n) is 3.84. The van der Waals surface area contributed by atoms with Crippen molar-refractivity contribution in [3.05, 3.63) is 28.8 Å². The highest BCUT2D eigenvalue weighted by Crippen LogP contribution is 2.24. The molecule has 0 heterocycles. The van der Waals surface area contributed by atoms with Crippen LogP contribution in [0.4, 0.5) is 0 Å². The summed E-state index contributed by atoms with van der Waals surface area (Å²) in [5.74, 6) is 0.120. The maximum atomic E-state index is 9.28. The number of nitrogens with two attached hydrogens (primary N) is 1. The van der Waals surface area contributed by atoms with Gasteiger partial charge in [0.05, 0.1) is 5.02 Å². The highest BCUT2D eigenvalue weighted by molar-refractivity contribution is 6.32. The zero-order chi connectivity index (χ0) is 11.4. The van der Waals surface area contributed by atoms with E-state index in [0.29, 0.717) is 17.6 Å². The molecule has 0 bridgehead atoms. The minimum Gasteiger partial charge on any atom is -0.506 e. The standard InChI is InChI=1S/C11H17ClN2O/c1-14(2)9(7-13)5-8-3-4-11(15)10(12)6-8/h3-4,6,9,15H,5,7,13H2,1-2H3/t9-/m0/s1. The summed E-state index contributed by atoms with van der Waals surface area (Å²) < 4.78 is 0. The minimum absolute atomic E-state index is 0.120. The van der Waals surface area contributed by atoms with E-state index in [2.05, 4.69) is 4.90 Å². The topological polar surface area (TPSA) is 49.5 Å². The zero-order valence-electron chi connectivity index (χ0n) is 9.07. The molecule has 0 saturated carbocycles. The fourth-order valence-corrected chi connectivity index (χ4v) is 1.63. The molecule has 1 aromatic carbocycles. The molecule has 1 rings (SSSR count). The van der Waals surface area contributed by atoms with Gasteiger partial charge >= 0.3 is 0 Å². The Hall–Kier alpha value is -0.770. The van der Waals surface area contributed by atoms with Crippen molar-refractivity contribution in [1.29, 1.82) is 0 Å². The third kappa shape index (κ3) is 3.38. The molecule has 0 spiro atoms. The number of nitrogens with zero attached hydrogens (tertiary/aromatic N) is 1. The molecule has 0 aromatic heterocycles. The summed E-state index contributed by atoms with van der Waals surface area (Å²) in [6.07, 6.45) is 0.837. The molecule has 0 aliphatic heterocycles. The van der Waals surface area contributed by atoms with Crippen LogP contribution in [0.1, 0.15) is 5.56 Å². The Morgan fingerprint density at radius 3 is 2.60 bits per heavy atom. The number of hydrogen-bond donors (Lipinski definition) is 2. The van der Waals surface area contributed by atoms with Crippen molar-refractivity contribution in [2.75, 3.05) is 20.6 Å². The molecule has 15 heavy (non-hydrogen) atoms. The first-order valence-corrected chi connectivity index (χ1v) is 5.26. The predicted octanol–water partition coefficient (Wildman–Crippen LogP) is 1.48. The van der Waals surface area contributed by atoms with Crippen molar-refractivity contribution in [2.24, 2.45) is 5.73 Å². The van der Waals surface area contributed by atoms with Gasteiger partial charge in [-0.1, -0.05) is 17.7 Å². The molecular formula is C11H17ClN2O. The number of likely N-dealkylation sites (N-methyl/N-ethyl adjacent to an activating group) is 1. The van der Waals surface area contributed by atoms with Gasteiger partial charge in [0.25, 0.3) is 0 Å². The Labute approximate surface area is 95.5 Å². The molecule has 0 unspecified atom stereocenters. The van der Waals surface area contributed by atoms with Crippen LogP contribution in [0, 0.1) is 0 Å². The molecule has 4 heteroatoms. The molecule has 1 aromatic rings. The second-order valence-corrected chi connectivity index (χ2v) is 4.25. The third-order valence-corrected chi connectivity index (χ3v) is 2.79. The Morgan fingerprint density at radius 1 is 1.47 bits per heavy atom. The van der Waals surface area contributed by atoms with E-state index >= 15 is 0 Å². The normalized spacial score (nSPS) is 13.1. The molecule has 1 atom stereocenters. The first-order valence-electron chi connectivity index (χ1n) is 4.88. The second kappa shape index (κ2) is 5.35. The van der Waals surface area contributed by atoms with Crippen LogP contribution in [-0.2, 0) is 6.42 Å². The van der Waals surface area contributed by atoms with Crippen LogP contribution in [0.15, 0.2) is 18.2 Å². The van der Waals surface area contributed by atoms with Gasteiger partial charge in [-0.3, -0.25) is 0 Å². The monoisotopic (exact) mass is 228 g/mol. The molecule has 3 nitrogen and oxygen atoms in total. The number of aromatic hydroxyl groups is 1. The van der Waals surface area contributed by atoms with Gasteiger partial charge in [0, 0.05) is 12.6 Å². The summed E-state index contributed by atoms with van der Waals surface area (Å²) in [6, 6.07) is 5.56. The maximum Gasteiger partial charge on any atom is 0.134 e. The van der Waals surface area contributed by atoms with Crippen molar-refractivity contribution >= 4 is 11.6 Å². The molecule has 0 aliphatic carbocycles. The fourth-order valence-electron chi connectivity index (χ4n) is 1.43. The van der Waals surface area contributed by atoms with Gasteiger partial charge in [-0.25, -0.2) is 0 Å². The van der Waals surface area contributed by atoms with E-state index in [1.165, 1.54) is 0 Å². The van der Waals surface area contributed by atoms with Crippen molar-refractivity contribution in [3.8, 4) is 5.75 Å². The van der Waals surface area contributed by atoms with E-state index in [9.17, 15) is 5.11 Å². The molecule has 0 aliphatic rings. The number of rotatable bonds is 4. The third-order valence-electron chi connectivity index (χ3n) is 2.49.